The molecule has 0 spiro atoms. The van der Waals surface area contributed by atoms with Crippen LogP contribution < -0.4 is 10.2 Å². The van der Waals surface area contributed by atoms with Gasteiger partial charge in [-0.2, -0.15) is 0 Å². The molecular formula is C14H22N2. The summed E-state index contributed by atoms with van der Waals surface area (Å²) in [6.45, 7) is 6.85. The SMILES string of the molecule is CNCC(C(C)C)N1CCc2ccccc21. The van der Waals surface area contributed by atoms with Crippen LogP contribution in [0.1, 0.15) is 19.4 Å². The zero-order valence-electron chi connectivity index (χ0n) is 10.5. The van der Waals surface area contributed by atoms with Crippen molar-refractivity contribution in [2.45, 2.75) is 26.3 Å². The van der Waals surface area contributed by atoms with Gasteiger partial charge in [0.15, 0.2) is 0 Å². The molecule has 1 heterocycles. The maximum Gasteiger partial charge on any atom is 0.0437 e. The Morgan fingerprint density at radius 3 is 2.75 bits per heavy atom. The minimum Gasteiger partial charge on any atom is -0.366 e. The smallest absolute Gasteiger partial charge is 0.0437 e. The first kappa shape index (κ1) is 11.5. The number of likely N-dealkylation sites (N-methyl/N-ethyl adjacent to an activating group) is 1. The number of para-hydroxylation sites is 1. The van der Waals surface area contributed by atoms with Crippen molar-refractivity contribution < 1.29 is 0 Å². The second-order valence-electron chi connectivity index (χ2n) is 4.94. The number of nitrogens with zero attached hydrogens (tertiary/aromatic N) is 1. The molecule has 0 saturated heterocycles. The quantitative estimate of drug-likeness (QED) is 0.834. The number of anilines is 1. The molecule has 1 aliphatic rings. The molecule has 2 heteroatoms. The Bertz CT molecular complexity index is 346. The predicted molar refractivity (Wildman–Crippen MR) is 70.0 cm³/mol. The van der Waals surface area contributed by atoms with Gasteiger partial charge in [0.05, 0.1) is 0 Å². The van der Waals surface area contributed by atoms with Gasteiger partial charge in [0, 0.05) is 24.8 Å². The van der Waals surface area contributed by atoms with Crippen LogP contribution in [0.25, 0.3) is 0 Å². The van der Waals surface area contributed by atoms with E-state index in [0.717, 1.165) is 6.54 Å². The van der Waals surface area contributed by atoms with Crippen LogP contribution >= 0.6 is 0 Å². The van der Waals surface area contributed by atoms with Gasteiger partial charge in [-0.25, -0.2) is 0 Å². The summed E-state index contributed by atoms with van der Waals surface area (Å²) in [5.41, 5.74) is 2.95. The van der Waals surface area contributed by atoms with E-state index in [9.17, 15) is 0 Å². The standard InChI is InChI=1S/C14H22N2/c1-11(2)14(10-15-3)16-9-8-12-6-4-5-7-13(12)16/h4-7,11,14-15H,8-10H2,1-3H3. The third-order valence-electron chi connectivity index (χ3n) is 3.51. The van der Waals surface area contributed by atoms with E-state index in [0.29, 0.717) is 12.0 Å². The Morgan fingerprint density at radius 2 is 2.06 bits per heavy atom. The van der Waals surface area contributed by atoms with Gasteiger partial charge in [-0.05, 0) is 31.0 Å². The summed E-state index contributed by atoms with van der Waals surface area (Å²) in [4.78, 5) is 2.57. The second-order valence-corrected chi connectivity index (χ2v) is 4.94. The molecule has 0 amide bonds. The fourth-order valence-electron chi connectivity index (χ4n) is 2.62. The number of benzene rings is 1. The molecule has 0 fully saturated rings. The van der Waals surface area contributed by atoms with Crippen molar-refractivity contribution in [2.24, 2.45) is 5.92 Å². The first-order valence-electron chi connectivity index (χ1n) is 6.23. The maximum absolute atomic E-state index is 3.32. The van der Waals surface area contributed by atoms with Gasteiger partial charge in [-0.1, -0.05) is 32.0 Å². The van der Waals surface area contributed by atoms with Crippen LogP contribution in [0.5, 0.6) is 0 Å². The van der Waals surface area contributed by atoms with Crippen molar-refractivity contribution in [3.05, 3.63) is 29.8 Å². The largest absolute Gasteiger partial charge is 0.366 e. The highest BCUT2D eigenvalue weighted by Crippen LogP contribution is 2.30. The fourth-order valence-corrected chi connectivity index (χ4v) is 2.62. The highest BCUT2D eigenvalue weighted by Gasteiger charge is 2.26. The van der Waals surface area contributed by atoms with Crippen molar-refractivity contribution in [2.75, 3.05) is 25.0 Å². The maximum atomic E-state index is 3.32. The van der Waals surface area contributed by atoms with Crippen molar-refractivity contribution in [1.29, 1.82) is 0 Å². The van der Waals surface area contributed by atoms with Crippen molar-refractivity contribution in [3.63, 3.8) is 0 Å². The van der Waals surface area contributed by atoms with Crippen molar-refractivity contribution in [1.82, 2.24) is 5.32 Å². The van der Waals surface area contributed by atoms with Crippen LogP contribution in [0.3, 0.4) is 0 Å². The van der Waals surface area contributed by atoms with Crippen LogP contribution in [-0.2, 0) is 6.42 Å². The van der Waals surface area contributed by atoms with Gasteiger partial charge < -0.3 is 10.2 Å². The van der Waals surface area contributed by atoms with E-state index < -0.39 is 0 Å². The van der Waals surface area contributed by atoms with Gasteiger partial charge in [-0.3, -0.25) is 0 Å². The summed E-state index contributed by atoms with van der Waals surface area (Å²) >= 11 is 0. The van der Waals surface area contributed by atoms with Gasteiger partial charge in [0.2, 0.25) is 0 Å². The average molecular weight is 218 g/mol. The van der Waals surface area contributed by atoms with Crippen molar-refractivity contribution >= 4 is 5.69 Å². The summed E-state index contributed by atoms with van der Waals surface area (Å²) in [5.74, 6) is 0.679. The van der Waals surface area contributed by atoms with E-state index in [1.807, 2.05) is 7.05 Å². The summed E-state index contributed by atoms with van der Waals surface area (Å²) in [6, 6.07) is 9.41. The third-order valence-corrected chi connectivity index (χ3v) is 3.51. The number of hydrogen-bond acceptors (Lipinski definition) is 2. The first-order valence-corrected chi connectivity index (χ1v) is 6.23. The summed E-state index contributed by atoms with van der Waals surface area (Å²) in [7, 11) is 2.04. The van der Waals surface area contributed by atoms with E-state index >= 15 is 0 Å². The zero-order chi connectivity index (χ0) is 11.5. The van der Waals surface area contributed by atoms with E-state index in [1.165, 1.54) is 24.2 Å². The van der Waals surface area contributed by atoms with Crippen LogP contribution in [0.2, 0.25) is 0 Å². The Morgan fingerprint density at radius 1 is 1.31 bits per heavy atom. The molecule has 0 aliphatic carbocycles. The van der Waals surface area contributed by atoms with E-state index in [-0.39, 0.29) is 0 Å². The van der Waals surface area contributed by atoms with Gasteiger partial charge in [-0.15, -0.1) is 0 Å². The summed E-state index contributed by atoms with van der Waals surface area (Å²) in [6.07, 6.45) is 1.20. The molecule has 1 aromatic carbocycles. The molecule has 2 rings (SSSR count). The number of hydrogen-bond donors (Lipinski definition) is 1. The molecule has 0 bridgehead atoms. The van der Waals surface area contributed by atoms with E-state index in [1.54, 1.807) is 0 Å². The molecule has 1 atom stereocenters. The molecule has 0 aromatic heterocycles. The Labute approximate surface area is 98.7 Å². The molecule has 1 unspecified atom stereocenters. The molecule has 16 heavy (non-hydrogen) atoms. The molecule has 1 N–H and O–H groups in total. The van der Waals surface area contributed by atoms with E-state index in [4.69, 9.17) is 0 Å². The molecule has 88 valence electrons. The molecular weight excluding hydrogens is 196 g/mol. The summed E-state index contributed by atoms with van der Waals surface area (Å²) in [5, 5.41) is 3.32. The number of rotatable bonds is 4. The lowest BCUT2D eigenvalue weighted by atomic mass is 10.0. The molecule has 1 aliphatic heterocycles. The van der Waals surface area contributed by atoms with Crippen LogP contribution in [0.4, 0.5) is 5.69 Å². The molecule has 1 aromatic rings. The monoisotopic (exact) mass is 218 g/mol. The molecule has 0 radical (unpaired) electrons. The van der Waals surface area contributed by atoms with Crippen LogP contribution in [0.15, 0.2) is 24.3 Å². The molecule has 2 nitrogen and oxygen atoms in total. The second kappa shape index (κ2) is 4.88. The normalized spacial score (nSPS) is 16.6. The third kappa shape index (κ3) is 2.07. The highest BCUT2D eigenvalue weighted by atomic mass is 15.2. The lowest BCUT2D eigenvalue weighted by molar-refractivity contribution is 0.445. The predicted octanol–water partition coefficient (Wildman–Crippen LogP) is 2.29. The fraction of sp³-hybridized carbons (Fsp3) is 0.571. The molecule has 0 saturated carbocycles. The van der Waals surface area contributed by atoms with Crippen LogP contribution in [-0.4, -0.2) is 26.2 Å². The Hall–Kier alpha value is -1.02. The lowest BCUT2D eigenvalue weighted by Crippen LogP contribution is -2.44. The Kier molecular flexibility index (Phi) is 3.49. The minimum absolute atomic E-state index is 0.605. The highest BCUT2D eigenvalue weighted by molar-refractivity contribution is 5.58. The van der Waals surface area contributed by atoms with E-state index in [2.05, 4.69) is 48.3 Å². The Balaban J connectivity index is 2.22. The van der Waals surface area contributed by atoms with Crippen LogP contribution in [0, 0.1) is 5.92 Å². The number of nitrogens with one attached hydrogen (secondary N) is 1. The number of fused-ring (bicyclic) bond motifs is 1. The zero-order valence-corrected chi connectivity index (χ0v) is 10.5. The van der Waals surface area contributed by atoms with Crippen molar-refractivity contribution in [3.8, 4) is 0 Å². The minimum atomic E-state index is 0.605. The lowest BCUT2D eigenvalue weighted by Gasteiger charge is -2.33. The first-order chi connectivity index (χ1) is 7.74. The average Bonchev–Trinajstić information content (AvgIpc) is 2.69. The summed E-state index contributed by atoms with van der Waals surface area (Å²) < 4.78 is 0. The van der Waals surface area contributed by atoms with Gasteiger partial charge >= 0.3 is 0 Å². The van der Waals surface area contributed by atoms with Gasteiger partial charge in [0.1, 0.15) is 0 Å². The van der Waals surface area contributed by atoms with Gasteiger partial charge in [0.25, 0.3) is 0 Å². The topological polar surface area (TPSA) is 15.3 Å².